The molecule has 1 aliphatic rings. The van der Waals surface area contributed by atoms with Gasteiger partial charge in [0.1, 0.15) is 6.54 Å². The highest BCUT2D eigenvalue weighted by Gasteiger charge is 2.30. The Morgan fingerprint density at radius 3 is 2.57 bits per heavy atom. The van der Waals surface area contributed by atoms with E-state index < -0.39 is 5.97 Å². The van der Waals surface area contributed by atoms with E-state index in [0.717, 1.165) is 16.1 Å². The first-order chi connectivity index (χ1) is 11.2. The van der Waals surface area contributed by atoms with Crippen LogP contribution in [0.3, 0.4) is 0 Å². The van der Waals surface area contributed by atoms with Gasteiger partial charge in [-0.2, -0.15) is 0 Å². The molecule has 4 nitrogen and oxygen atoms in total. The van der Waals surface area contributed by atoms with Crippen LogP contribution < -0.4 is 4.90 Å². The first-order valence-corrected chi connectivity index (χ1v) is 7.93. The molecule has 0 fully saturated rings. The number of carbonyl (C=O) groups excluding carboxylic acids is 2. The molecule has 1 amide bonds. The van der Waals surface area contributed by atoms with E-state index in [2.05, 4.69) is 0 Å². The number of para-hydroxylation sites is 1. The number of amides is 1. The van der Waals surface area contributed by atoms with Crippen molar-refractivity contribution in [3.8, 4) is 0 Å². The number of thioether (sulfide) groups is 1. The van der Waals surface area contributed by atoms with Gasteiger partial charge in [0.15, 0.2) is 0 Å². The molecule has 1 aliphatic heterocycles. The van der Waals surface area contributed by atoms with Crippen LogP contribution in [0.2, 0.25) is 0 Å². The molecule has 0 radical (unpaired) electrons. The van der Waals surface area contributed by atoms with E-state index in [-0.39, 0.29) is 12.5 Å². The summed E-state index contributed by atoms with van der Waals surface area (Å²) in [6.07, 6.45) is 1.84. The van der Waals surface area contributed by atoms with E-state index in [9.17, 15) is 9.59 Å². The number of methoxy groups -OCH3 is 1. The highest BCUT2D eigenvalue weighted by atomic mass is 32.2. The number of hydrogen-bond acceptors (Lipinski definition) is 4. The largest absolute Gasteiger partial charge is 0.468 e. The highest BCUT2D eigenvalue weighted by molar-refractivity contribution is 8.04. The number of anilines is 1. The number of fused-ring (bicyclic) bond motifs is 1. The zero-order valence-corrected chi connectivity index (χ0v) is 13.4. The number of ether oxygens (including phenoxy) is 1. The molecule has 0 unspecified atom stereocenters. The molecule has 116 valence electrons. The standard InChI is InChI=1S/C18H15NO3S/c1-22-17(20)12-19-14-9-5-6-10-15(14)23-16(18(19)21)11-13-7-3-2-4-8-13/h2-11H,12H2,1H3/b16-11-. The molecule has 0 N–H and O–H groups in total. The van der Waals surface area contributed by atoms with Gasteiger partial charge in [0, 0.05) is 4.90 Å². The van der Waals surface area contributed by atoms with E-state index in [1.807, 2.05) is 60.7 Å². The summed E-state index contributed by atoms with van der Waals surface area (Å²) >= 11 is 1.42. The van der Waals surface area contributed by atoms with Crippen molar-refractivity contribution in [2.24, 2.45) is 0 Å². The van der Waals surface area contributed by atoms with Crippen molar-refractivity contribution in [3.63, 3.8) is 0 Å². The molecule has 2 aromatic carbocycles. The van der Waals surface area contributed by atoms with Crippen molar-refractivity contribution in [2.75, 3.05) is 18.6 Å². The summed E-state index contributed by atoms with van der Waals surface area (Å²) in [6.45, 7) is -0.0982. The van der Waals surface area contributed by atoms with Gasteiger partial charge >= 0.3 is 5.97 Å². The SMILES string of the molecule is COC(=O)CN1C(=O)/C(=C/c2ccccc2)Sc2ccccc21. The maximum atomic E-state index is 12.8. The lowest BCUT2D eigenvalue weighted by Gasteiger charge is -2.29. The van der Waals surface area contributed by atoms with E-state index in [0.29, 0.717) is 4.91 Å². The van der Waals surface area contributed by atoms with Gasteiger partial charge in [-0.25, -0.2) is 0 Å². The Kier molecular flexibility index (Phi) is 4.48. The molecule has 5 heteroatoms. The predicted molar refractivity (Wildman–Crippen MR) is 91.1 cm³/mol. The van der Waals surface area contributed by atoms with Crippen LogP contribution in [0.4, 0.5) is 5.69 Å². The Hall–Kier alpha value is -2.53. The lowest BCUT2D eigenvalue weighted by molar-refractivity contribution is -0.139. The lowest BCUT2D eigenvalue weighted by atomic mass is 10.2. The second-order valence-corrected chi connectivity index (χ2v) is 6.04. The summed E-state index contributed by atoms with van der Waals surface area (Å²) in [5, 5.41) is 0. The van der Waals surface area contributed by atoms with Gasteiger partial charge in [-0.15, -0.1) is 0 Å². The topological polar surface area (TPSA) is 46.6 Å². The van der Waals surface area contributed by atoms with E-state index >= 15 is 0 Å². The molecule has 0 saturated carbocycles. The summed E-state index contributed by atoms with van der Waals surface area (Å²) in [7, 11) is 1.32. The third-order valence-corrected chi connectivity index (χ3v) is 4.52. The summed E-state index contributed by atoms with van der Waals surface area (Å²) in [5.41, 5.74) is 1.68. The van der Waals surface area contributed by atoms with Gasteiger partial charge in [-0.1, -0.05) is 54.2 Å². The van der Waals surface area contributed by atoms with Crippen molar-refractivity contribution in [1.29, 1.82) is 0 Å². The van der Waals surface area contributed by atoms with Crippen LogP contribution in [0.25, 0.3) is 6.08 Å². The smallest absolute Gasteiger partial charge is 0.325 e. The Morgan fingerprint density at radius 2 is 1.83 bits per heavy atom. The fourth-order valence-corrected chi connectivity index (χ4v) is 3.37. The summed E-state index contributed by atoms with van der Waals surface area (Å²) in [5.74, 6) is -0.637. The normalized spacial score (nSPS) is 15.4. The zero-order valence-electron chi connectivity index (χ0n) is 12.6. The third kappa shape index (κ3) is 3.29. The molecule has 0 aromatic heterocycles. The summed E-state index contributed by atoms with van der Waals surface area (Å²) in [6, 6.07) is 17.2. The van der Waals surface area contributed by atoms with Crippen LogP contribution in [0.5, 0.6) is 0 Å². The van der Waals surface area contributed by atoms with Crippen LogP contribution in [-0.2, 0) is 14.3 Å². The number of carbonyl (C=O) groups is 2. The van der Waals surface area contributed by atoms with Crippen molar-refractivity contribution in [2.45, 2.75) is 4.90 Å². The minimum absolute atomic E-state index is 0.0982. The van der Waals surface area contributed by atoms with Gasteiger partial charge in [0.25, 0.3) is 5.91 Å². The van der Waals surface area contributed by atoms with Crippen LogP contribution in [0.15, 0.2) is 64.4 Å². The maximum Gasteiger partial charge on any atom is 0.325 e. The number of esters is 1. The van der Waals surface area contributed by atoms with Gasteiger partial charge in [-0.05, 0) is 23.8 Å². The summed E-state index contributed by atoms with van der Waals surface area (Å²) < 4.78 is 4.71. The van der Waals surface area contributed by atoms with E-state index in [4.69, 9.17) is 4.74 Å². The number of nitrogens with zero attached hydrogens (tertiary/aromatic N) is 1. The number of rotatable bonds is 3. The van der Waals surface area contributed by atoms with Gasteiger partial charge in [-0.3, -0.25) is 14.5 Å². The molecule has 23 heavy (non-hydrogen) atoms. The Balaban J connectivity index is 2.01. The fraction of sp³-hybridized carbons (Fsp3) is 0.111. The van der Waals surface area contributed by atoms with Crippen LogP contribution in [0, 0.1) is 0 Å². The fourth-order valence-electron chi connectivity index (χ4n) is 2.31. The van der Waals surface area contributed by atoms with Crippen molar-refractivity contribution in [3.05, 3.63) is 65.1 Å². The lowest BCUT2D eigenvalue weighted by Crippen LogP contribution is -2.38. The maximum absolute atomic E-state index is 12.8. The summed E-state index contributed by atoms with van der Waals surface area (Å²) in [4.78, 5) is 27.4. The number of benzene rings is 2. The van der Waals surface area contributed by atoms with Crippen LogP contribution in [0.1, 0.15) is 5.56 Å². The second kappa shape index (κ2) is 6.71. The predicted octanol–water partition coefficient (Wildman–Crippen LogP) is 3.34. The minimum atomic E-state index is -0.445. The van der Waals surface area contributed by atoms with Crippen molar-refractivity contribution < 1.29 is 14.3 Å². The monoisotopic (exact) mass is 325 g/mol. The molecule has 0 bridgehead atoms. The zero-order chi connectivity index (χ0) is 16.2. The van der Waals surface area contributed by atoms with E-state index in [1.54, 1.807) is 0 Å². The highest BCUT2D eigenvalue weighted by Crippen LogP contribution is 2.41. The molecule has 0 saturated heterocycles. The van der Waals surface area contributed by atoms with E-state index in [1.165, 1.54) is 23.8 Å². The first kappa shape index (κ1) is 15.4. The molecule has 2 aromatic rings. The third-order valence-electron chi connectivity index (χ3n) is 3.44. The Labute approximate surface area is 138 Å². The second-order valence-electron chi connectivity index (χ2n) is 4.96. The van der Waals surface area contributed by atoms with Crippen LogP contribution in [-0.4, -0.2) is 25.5 Å². The molecule has 3 rings (SSSR count). The Morgan fingerprint density at radius 1 is 1.13 bits per heavy atom. The molecular weight excluding hydrogens is 310 g/mol. The molecule has 0 spiro atoms. The van der Waals surface area contributed by atoms with Crippen molar-refractivity contribution >= 4 is 35.4 Å². The average Bonchev–Trinajstić information content (AvgIpc) is 2.59. The van der Waals surface area contributed by atoms with Gasteiger partial charge in [0.05, 0.1) is 17.7 Å². The number of hydrogen-bond donors (Lipinski definition) is 0. The molecule has 0 aliphatic carbocycles. The van der Waals surface area contributed by atoms with Gasteiger partial charge in [0.2, 0.25) is 0 Å². The van der Waals surface area contributed by atoms with Gasteiger partial charge < -0.3 is 4.74 Å². The minimum Gasteiger partial charge on any atom is -0.468 e. The first-order valence-electron chi connectivity index (χ1n) is 7.11. The average molecular weight is 325 g/mol. The Bertz CT molecular complexity index is 771. The molecular formula is C18H15NO3S. The van der Waals surface area contributed by atoms with Crippen molar-refractivity contribution in [1.82, 2.24) is 0 Å². The van der Waals surface area contributed by atoms with Crippen LogP contribution >= 0.6 is 11.8 Å². The quantitative estimate of drug-likeness (QED) is 0.641. The molecule has 0 atom stereocenters. The molecule has 1 heterocycles.